The molecule has 2 amide bonds. The first kappa shape index (κ1) is 55.7. The van der Waals surface area contributed by atoms with Gasteiger partial charge in [0, 0.05) is 102 Å². The smallest absolute Gasteiger partial charge is 0.319 e. The van der Waals surface area contributed by atoms with Crippen molar-refractivity contribution in [2.24, 2.45) is 11.8 Å². The van der Waals surface area contributed by atoms with Crippen molar-refractivity contribution >= 4 is 56.5 Å². The molecule has 0 radical (unpaired) electrons. The maximum absolute atomic E-state index is 17.2. The lowest BCUT2D eigenvalue weighted by Crippen LogP contribution is -2.51. The first-order chi connectivity index (χ1) is 39.7. The molecule has 2 bridgehead atoms. The normalized spacial score (nSPS) is 22.4. The summed E-state index contributed by atoms with van der Waals surface area (Å²) >= 11 is 1.59. The highest BCUT2D eigenvalue weighted by atomic mass is 32.1. The molecule has 82 heavy (non-hydrogen) atoms. The maximum Gasteiger partial charge on any atom is 0.319 e. The molecule has 5 aliphatic rings. The number of hydrogen-bond acceptors (Lipinski definition) is 17. The number of anilines is 2. The van der Waals surface area contributed by atoms with Gasteiger partial charge in [-0.05, 0) is 104 Å². The Labute approximate surface area is 482 Å². The number of pyridine rings is 1. The van der Waals surface area contributed by atoms with Gasteiger partial charge < -0.3 is 44.8 Å². The Bertz CT molecular complexity index is 3430. The minimum atomic E-state index is -0.823. The second kappa shape index (κ2) is 23.8. The van der Waals surface area contributed by atoms with Crippen molar-refractivity contribution in [3.63, 3.8) is 0 Å². The van der Waals surface area contributed by atoms with Gasteiger partial charge in [-0.1, -0.05) is 68.4 Å². The van der Waals surface area contributed by atoms with E-state index in [0.717, 1.165) is 129 Å². The molecular formula is C62H75FN12O6S. The predicted molar refractivity (Wildman–Crippen MR) is 316 cm³/mol. The number of thiazole rings is 1. The van der Waals surface area contributed by atoms with E-state index in [0.29, 0.717) is 59.5 Å². The van der Waals surface area contributed by atoms with E-state index in [2.05, 4.69) is 47.3 Å². The molecule has 2 unspecified atom stereocenters. The number of carbonyl (C=O) groups excluding carboxylic acids is 2. The Morgan fingerprint density at radius 3 is 2.46 bits per heavy atom. The number of halogens is 1. The first-order valence-corrected chi connectivity index (χ1v) is 30.3. The van der Waals surface area contributed by atoms with E-state index in [9.17, 15) is 19.8 Å². The third kappa shape index (κ3) is 11.5. The molecule has 4 N–H and O–H groups in total. The number of hydrogen-bond donors (Lipinski definition) is 4. The number of likely N-dealkylation sites (tertiary alicyclic amines) is 2. The summed E-state index contributed by atoms with van der Waals surface area (Å²) in [5, 5.41) is 35.1. The number of aromatic hydroxyl groups is 1. The number of carbonyl (C=O) groups is 2. The third-order valence-electron chi connectivity index (χ3n) is 17.7. The number of aryl methyl sites for hydroxylation is 2. The molecule has 4 aromatic heterocycles. The Hall–Kier alpha value is -6.84. The number of phenols is 1. The summed E-state index contributed by atoms with van der Waals surface area (Å²) < 4.78 is 29.6. The zero-order valence-electron chi connectivity index (χ0n) is 47.6. The van der Waals surface area contributed by atoms with Gasteiger partial charge in [-0.3, -0.25) is 24.4 Å². The monoisotopic (exact) mass is 1130 g/mol. The van der Waals surface area contributed by atoms with Crippen molar-refractivity contribution in [1.82, 2.24) is 50.4 Å². The highest BCUT2D eigenvalue weighted by Gasteiger charge is 2.44. The summed E-state index contributed by atoms with van der Waals surface area (Å²) in [5.74, 6) is 0.330. The van der Waals surface area contributed by atoms with Crippen LogP contribution < -0.4 is 25.2 Å². The number of aromatic nitrogens is 5. The van der Waals surface area contributed by atoms with Crippen molar-refractivity contribution < 1.29 is 33.5 Å². The lowest BCUT2D eigenvalue weighted by atomic mass is 9.91. The topological polar surface area (TPSA) is 202 Å². The molecule has 0 aliphatic carbocycles. The van der Waals surface area contributed by atoms with Gasteiger partial charge in [0.15, 0.2) is 17.4 Å². The number of piperidine rings is 1. The SMILES string of the molecule is CCc1cccc2cc(O)cc(-c3ncc4c(N5CC6CCC(C5)N6)nc(OCCN5CCC[C@H](CN6CCN(c7cc([C@H](C(=O)N8C[C@H](O)C[C@H]8C(=O)N[C@@H](C)c8ccc(-c9scnc9C)cc8)C(C)C)on7)CC6)C5)nc4c3F)c12. The largest absolute Gasteiger partial charge is 0.508 e. The third-order valence-corrected chi connectivity index (χ3v) is 18.7. The summed E-state index contributed by atoms with van der Waals surface area (Å²) in [6.45, 7) is 18.6. The van der Waals surface area contributed by atoms with Crippen LogP contribution >= 0.6 is 11.3 Å². The summed E-state index contributed by atoms with van der Waals surface area (Å²) in [6.07, 6.45) is 6.14. The molecule has 432 valence electrons. The molecule has 5 aliphatic heterocycles. The van der Waals surface area contributed by atoms with E-state index in [1.165, 1.54) is 4.90 Å². The summed E-state index contributed by atoms with van der Waals surface area (Å²) in [5.41, 5.74) is 6.67. The van der Waals surface area contributed by atoms with Crippen LogP contribution in [0, 0.1) is 24.6 Å². The standard InChI is InChI=1S/C62H75FN12O6S/c1-6-40-10-7-11-43-25-46(76)26-48(54(40)43)56-55(63)57-49(29-64-56)59(74-32-44-16-17-45(33-74)67-44)69-62(68-57)80-24-23-71-18-8-9-39(30-71)31-72-19-21-73(22-20-72)52-28-51(81-70-52)53(36(2)3)61(79)75-34-47(77)27-50(75)60(78)66-37(4)41-12-14-42(15-13-41)58-38(5)65-35-82-58/h7,10-15,25-26,28-29,35-37,39,44-45,47,50,53,67,76-77H,6,8-9,16-24,27,30-34H2,1-5H3,(H,66,78)/t37-,39-,44?,45?,47+,50-,53+/m0/s1. The number of aliphatic hydroxyl groups is 1. The highest BCUT2D eigenvalue weighted by molar-refractivity contribution is 7.13. The molecular weight excluding hydrogens is 1060 g/mol. The number of rotatable bonds is 17. The van der Waals surface area contributed by atoms with E-state index < -0.39 is 23.9 Å². The average Bonchev–Trinajstić information content (AvgIpc) is 4.38. The molecule has 5 saturated heterocycles. The number of nitrogens with zero attached hydrogens (tertiary/aromatic N) is 10. The van der Waals surface area contributed by atoms with Crippen molar-refractivity contribution in [2.75, 3.05) is 88.4 Å². The van der Waals surface area contributed by atoms with Gasteiger partial charge in [-0.15, -0.1) is 11.3 Å². The quantitative estimate of drug-likeness (QED) is 0.0681. The lowest BCUT2D eigenvalue weighted by molar-refractivity contribution is -0.141. The van der Waals surface area contributed by atoms with E-state index in [1.807, 2.05) is 81.7 Å². The Morgan fingerprint density at radius 2 is 1.72 bits per heavy atom. The second-order valence-electron chi connectivity index (χ2n) is 23.7. The fourth-order valence-electron chi connectivity index (χ4n) is 13.4. The van der Waals surface area contributed by atoms with Crippen LogP contribution in [0.1, 0.15) is 94.3 Å². The van der Waals surface area contributed by atoms with Gasteiger partial charge in [-0.25, -0.2) is 9.37 Å². The molecule has 3 aromatic carbocycles. The Morgan fingerprint density at radius 1 is 0.927 bits per heavy atom. The molecule has 0 spiro atoms. The van der Waals surface area contributed by atoms with Crippen molar-refractivity contribution in [2.45, 2.75) is 109 Å². The first-order valence-electron chi connectivity index (χ1n) is 29.5. The van der Waals surface area contributed by atoms with Crippen molar-refractivity contribution in [3.8, 4) is 33.5 Å². The highest BCUT2D eigenvalue weighted by Crippen LogP contribution is 2.40. The van der Waals surface area contributed by atoms with Gasteiger partial charge in [0.25, 0.3) is 0 Å². The fourth-order valence-corrected chi connectivity index (χ4v) is 14.3. The molecule has 7 aromatic rings. The lowest BCUT2D eigenvalue weighted by Gasteiger charge is -2.39. The van der Waals surface area contributed by atoms with Gasteiger partial charge in [0.2, 0.25) is 11.8 Å². The van der Waals surface area contributed by atoms with Crippen molar-refractivity contribution in [3.05, 3.63) is 101 Å². The molecule has 12 rings (SSSR count). The summed E-state index contributed by atoms with van der Waals surface area (Å²) in [6, 6.07) is 18.8. The fraction of sp³-hybridized carbons (Fsp3) is 0.500. The van der Waals surface area contributed by atoms with Crippen molar-refractivity contribution in [1.29, 1.82) is 0 Å². The van der Waals surface area contributed by atoms with Crippen LogP contribution in [0.15, 0.2) is 76.9 Å². The molecule has 18 nitrogen and oxygen atoms in total. The summed E-state index contributed by atoms with van der Waals surface area (Å²) in [4.78, 5) is 59.3. The summed E-state index contributed by atoms with van der Waals surface area (Å²) in [7, 11) is 0. The van der Waals surface area contributed by atoms with E-state index in [1.54, 1.807) is 29.7 Å². The minimum absolute atomic E-state index is 0.0427. The number of benzene rings is 3. The van der Waals surface area contributed by atoms with Gasteiger partial charge in [0.05, 0.1) is 33.6 Å². The minimum Gasteiger partial charge on any atom is -0.508 e. The Kier molecular flexibility index (Phi) is 16.2. The van der Waals surface area contributed by atoms with Crippen LogP contribution in [0.2, 0.25) is 0 Å². The van der Waals surface area contributed by atoms with Crippen LogP contribution in [0.4, 0.5) is 16.0 Å². The van der Waals surface area contributed by atoms with Gasteiger partial charge >= 0.3 is 6.01 Å². The number of ether oxygens (including phenoxy) is 1. The average molecular weight is 1140 g/mol. The molecule has 5 fully saturated rings. The molecule has 7 atom stereocenters. The maximum atomic E-state index is 17.2. The number of phenolic OH excluding ortho intramolecular Hbond substituents is 1. The number of piperazine rings is 2. The Balaban J connectivity index is 0.656. The number of amides is 2. The number of β-amino-alcohol motifs (C(OH)–C–C–N with tert-alkyl or cyclic N) is 1. The van der Waals surface area contributed by atoms with E-state index in [-0.39, 0.29) is 59.7 Å². The van der Waals surface area contributed by atoms with Gasteiger partial charge in [0.1, 0.15) is 41.3 Å². The van der Waals surface area contributed by atoms with Crippen LogP contribution in [0.3, 0.4) is 0 Å². The number of fused-ring (bicyclic) bond motifs is 4. The van der Waals surface area contributed by atoms with E-state index >= 15 is 4.39 Å². The zero-order valence-corrected chi connectivity index (χ0v) is 48.4. The van der Waals surface area contributed by atoms with Crippen LogP contribution in [-0.2, 0) is 16.0 Å². The molecule has 20 heteroatoms. The molecule has 9 heterocycles. The predicted octanol–water partition coefficient (Wildman–Crippen LogP) is 8.10. The van der Waals surface area contributed by atoms with Gasteiger partial charge in [-0.2, -0.15) is 9.97 Å². The van der Waals surface area contributed by atoms with E-state index in [4.69, 9.17) is 24.2 Å². The molecule has 0 saturated carbocycles. The second-order valence-corrected chi connectivity index (χ2v) is 24.5. The number of nitrogens with one attached hydrogen (secondary N) is 2. The zero-order chi connectivity index (χ0) is 56.8. The van der Waals surface area contributed by atoms with Crippen LogP contribution in [-0.4, -0.2) is 165 Å². The van der Waals surface area contributed by atoms with Crippen LogP contribution in [0.25, 0.3) is 43.4 Å². The van der Waals surface area contributed by atoms with Crippen LogP contribution in [0.5, 0.6) is 11.8 Å². The number of aliphatic hydroxyl groups excluding tert-OH is 1.